The van der Waals surface area contributed by atoms with Crippen LogP contribution in [0.3, 0.4) is 0 Å². The summed E-state index contributed by atoms with van der Waals surface area (Å²) in [5.74, 6) is 0.682. The molecule has 2 aromatic carbocycles. The first-order valence-corrected chi connectivity index (χ1v) is 11.9. The molecule has 180 valence electrons. The lowest BCUT2D eigenvalue weighted by Crippen LogP contribution is -2.36. The van der Waals surface area contributed by atoms with Crippen molar-refractivity contribution in [3.8, 4) is 11.5 Å². The summed E-state index contributed by atoms with van der Waals surface area (Å²) in [4.78, 5) is 14.0. The minimum Gasteiger partial charge on any atom is -0.495 e. The van der Waals surface area contributed by atoms with E-state index in [9.17, 15) is 13.2 Å². The molecular weight excluding hydrogens is 448 g/mol. The number of nitrogens with one attached hydrogen (secondary N) is 1. The third-order valence-electron chi connectivity index (χ3n) is 4.90. The number of benzene rings is 2. The van der Waals surface area contributed by atoms with Gasteiger partial charge in [-0.15, -0.1) is 0 Å². The highest BCUT2D eigenvalue weighted by atomic mass is 32.2. The molecule has 0 aliphatic carbocycles. The summed E-state index contributed by atoms with van der Waals surface area (Å²) >= 11 is 0. The molecule has 1 heterocycles. The summed E-state index contributed by atoms with van der Waals surface area (Å²) in [5.41, 5.74) is -0.278. The molecule has 9 nitrogen and oxygen atoms in total. The van der Waals surface area contributed by atoms with E-state index in [0.29, 0.717) is 18.0 Å². The molecule has 1 aliphatic rings. The number of nitrogens with zero attached hydrogens (tertiary/aromatic N) is 1. The average molecular weight is 479 g/mol. The Bertz CT molecular complexity index is 1080. The number of ether oxygens (including phenoxy) is 4. The summed E-state index contributed by atoms with van der Waals surface area (Å²) < 4.78 is 50.4. The second-order valence-corrected chi connectivity index (χ2v) is 10.3. The van der Waals surface area contributed by atoms with Gasteiger partial charge in [-0.1, -0.05) is 18.2 Å². The Hall–Kier alpha value is -2.98. The Balaban J connectivity index is 1.72. The van der Waals surface area contributed by atoms with Gasteiger partial charge in [-0.05, 0) is 45.0 Å². The van der Waals surface area contributed by atoms with Crippen LogP contribution >= 0.6 is 0 Å². The van der Waals surface area contributed by atoms with Crippen molar-refractivity contribution in [3.63, 3.8) is 0 Å². The summed E-state index contributed by atoms with van der Waals surface area (Å²) in [5, 5.41) is 0. The minimum absolute atomic E-state index is 0.0297. The molecule has 0 aromatic heterocycles. The van der Waals surface area contributed by atoms with Crippen LogP contribution in [-0.2, 0) is 19.5 Å². The highest BCUT2D eigenvalue weighted by Gasteiger charge is 2.39. The molecule has 0 spiro atoms. The Morgan fingerprint density at radius 3 is 2.39 bits per heavy atom. The van der Waals surface area contributed by atoms with E-state index in [-0.39, 0.29) is 23.3 Å². The fraction of sp³-hybridized carbons (Fsp3) is 0.435. The highest BCUT2D eigenvalue weighted by molar-refractivity contribution is 7.92. The Kier molecular flexibility index (Phi) is 7.38. The third-order valence-corrected chi connectivity index (χ3v) is 6.32. The van der Waals surface area contributed by atoms with Crippen molar-refractivity contribution in [1.82, 2.24) is 4.90 Å². The summed E-state index contributed by atoms with van der Waals surface area (Å²) in [6, 6.07) is 13.0. The molecular formula is C23H30N2O7S. The van der Waals surface area contributed by atoms with Crippen LogP contribution in [0.1, 0.15) is 20.8 Å². The van der Waals surface area contributed by atoms with Gasteiger partial charge in [-0.2, -0.15) is 0 Å². The Morgan fingerprint density at radius 1 is 1.03 bits per heavy atom. The molecule has 0 saturated carbocycles. The van der Waals surface area contributed by atoms with Crippen molar-refractivity contribution in [2.24, 2.45) is 0 Å². The molecule has 0 bridgehead atoms. The first kappa shape index (κ1) is 24.7. The molecule has 1 saturated heterocycles. The molecule has 1 N–H and O–H groups in total. The monoisotopic (exact) mass is 478 g/mol. The number of methoxy groups -OCH3 is 2. The van der Waals surface area contributed by atoms with Crippen molar-refractivity contribution in [3.05, 3.63) is 48.5 Å². The fourth-order valence-electron chi connectivity index (χ4n) is 3.42. The average Bonchev–Trinajstić information content (AvgIpc) is 3.15. The Morgan fingerprint density at radius 2 is 1.73 bits per heavy atom. The van der Waals surface area contributed by atoms with Gasteiger partial charge in [0.15, 0.2) is 0 Å². The number of carbonyl (C=O) groups excluding carboxylic acids is 1. The fourth-order valence-corrected chi connectivity index (χ4v) is 4.64. The first-order chi connectivity index (χ1) is 15.5. The van der Waals surface area contributed by atoms with Gasteiger partial charge in [-0.25, -0.2) is 13.2 Å². The lowest BCUT2D eigenvalue weighted by molar-refractivity contribution is 0.0241. The number of para-hydroxylation sites is 1. The maximum atomic E-state index is 12.9. The van der Waals surface area contributed by atoms with Gasteiger partial charge in [0, 0.05) is 13.2 Å². The standard InChI is InChI=1S/C23H30N2O7S/c1-23(2,3)32-22(26)25-14-19(30-5)20(15-25)31-17-10-8-9-16(13-17)24-33(27,28)21-12-7-6-11-18(21)29-4/h6-13,19-20,24H,14-15H2,1-5H3/t19-,20-/m1/s1. The summed E-state index contributed by atoms with van der Waals surface area (Å²) in [6.45, 7) is 6.03. The van der Waals surface area contributed by atoms with Gasteiger partial charge in [-0.3, -0.25) is 4.72 Å². The molecule has 1 aliphatic heterocycles. The van der Waals surface area contributed by atoms with Gasteiger partial charge in [0.05, 0.1) is 25.9 Å². The van der Waals surface area contributed by atoms with E-state index in [0.717, 1.165) is 0 Å². The third kappa shape index (κ3) is 6.29. The van der Waals surface area contributed by atoms with Crippen LogP contribution in [0.15, 0.2) is 53.4 Å². The van der Waals surface area contributed by atoms with Crippen molar-refractivity contribution < 1.29 is 32.2 Å². The van der Waals surface area contributed by atoms with Gasteiger partial charge in [0.1, 0.15) is 34.2 Å². The van der Waals surface area contributed by atoms with Crippen LogP contribution in [-0.4, -0.2) is 64.5 Å². The molecule has 2 aromatic rings. The SMILES string of the molecule is COc1ccccc1S(=O)(=O)Nc1cccc(O[C@@H]2CN(C(=O)OC(C)(C)C)C[C@H]2OC)c1. The molecule has 3 rings (SSSR count). The number of sulfonamides is 1. The number of hydrogen-bond donors (Lipinski definition) is 1. The van der Waals surface area contributed by atoms with Crippen molar-refractivity contribution in [2.75, 3.05) is 32.0 Å². The predicted octanol–water partition coefficient (Wildman–Crippen LogP) is 3.51. The Labute approximate surface area is 194 Å². The van der Waals surface area contributed by atoms with E-state index in [1.54, 1.807) is 75.2 Å². The van der Waals surface area contributed by atoms with Crippen LogP contribution in [0.4, 0.5) is 10.5 Å². The van der Waals surface area contributed by atoms with Gasteiger partial charge >= 0.3 is 6.09 Å². The summed E-state index contributed by atoms with van der Waals surface area (Å²) in [7, 11) is -0.911. The van der Waals surface area contributed by atoms with E-state index in [2.05, 4.69) is 4.72 Å². The van der Waals surface area contributed by atoms with Crippen LogP contribution in [0.5, 0.6) is 11.5 Å². The maximum Gasteiger partial charge on any atom is 0.410 e. The van der Waals surface area contributed by atoms with E-state index < -0.39 is 27.8 Å². The van der Waals surface area contributed by atoms with Crippen molar-refractivity contribution in [2.45, 2.75) is 43.5 Å². The summed E-state index contributed by atoms with van der Waals surface area (Å²) in [6.07, 6.45) is -1.23. The highest BCUT2D eigenvalue weighted by Crippen LogP contribution is 2.28. The zero-order valence-corrected chi connectivity index (χ0v) is 20.2. The minimum atomic E-state index is -3.88. The normalized spacial score (nSPS) is 18.6. The van der Waals surface area contributed by atoms with E-state index >= 15 is 0 Å². The zero-order chi connectivity index (χ0) is 24.2. The molecule has 33 heavy (non-hydrogen) atoms. The quantitative estimate of drug-likeness (QED) is 0.649. The maximum absolute atomic E-state index is 12.9. The van der Waals surface area contributed by atoms with Gasteiger partial charge < -0.3 is 23.8 Å². The second-order valence-electron chi connectivity index (χ2n) is 8.60. The molecule has 1 fully saturated rings. The molecule has 10 heteroatoms. The topological polar surface area (TPSA) is 103 Å². The first-order valence-electron chi connectivity index (χ1n) is 10.5. The lowest BCUT2D eigenvalue weighted by atomic mass is 10.2. The van der Waals surface area contributed by atoms with Crippen LogP contribution in [0.25, 0.3) is 0 Å². The van der Waals surface area contributed by atoms with Gasteiger partial charge in [0.25, 0.3) is 10.0 Å². The van der Waals surface area contributed by atoms with Crippen molar-refractivity contribution in [1.29, 1.82) is 0 Å². The smallest absolute Gasteiger partial charge is 0.410 e. The number of anilines is 1. The number of likely N-dealkylation sites (tertiary alicyclic amines) is 1. The van der Waals surface area contributed by atoms with Crippen LogP contribution in [0.2, 0.25) is 0 Å². The number of hydrogen-bond acceptors (Lipinski definition) is 7. The van der Waals surface area contributed by atoms with Crippen LogP contribution < -0.4 is 14.2 Å². The zero-order valence-electron chi connectivity index (χ0n) is 19.4. The molecule has 0 radical (unpaired) electrons. The van der Waals surface area contributed by atoms with Crippen LogP contribution in [0, 0.1) is 0 Å². The molecule has 1 amide bonds. The molecule has 0 unspecified atom stereocenters. The molecule has 2 atom stereocenters. The largest absolute Gasteiger partial charge is 0.495 e. The van der Waals surface area contributed by atoms with Crippen molar-refractivity contribution >= 4 is 21.8 Å². The number of amides is 1. The number of rotatable bonds is 7. The lowest BCUT2D eigenvalue weighted by Gasteiger charge is -2.24. The van der Waals surface area contributed by atoms with E-state index in [4.69, 9.17) is 18.9 Å². The second kappa shape index (κ2) is 9.88. The number of carbonyl (C=O) groups is 1. The predicted molar refractivity (Wildman–Crippen MR) is 123 cm³/mol. The van der Waals surface area contributed by atoms with E-state index in [1.807, 2.05) is 0 Å². The van der Waals surface area contributed by atoms with E-state index in [1.165, 1.54) is 13.2 Å². The van der Waals surface area contributed by atoms with Gasteiger partial charge in [0.2, 0.25) is 0 Å².